The van der Waals surface area contributed by atoms with Gasteiger partial charge in [-0.25, -0.2) is 4.98 Å². The Morgan fingerprint density at radius 2 is 2.14 bits per heavy atom. The number of nitrogens with one attached hydrogen (secondary N) is 2. The van der Waals surface area contributed by atoms with Crippen molar-refractivity contribution >= 4 is 23.3 Å². The van der Waals surface area contributed by atoms with Crippen LogP contribution in [0.1, 0.15) is 15.9 Å². The Hall–Kier alpha value is -2.11. The molecule has 0 saturated heterocycles. The first-order valence-electron chi connectivity index (χ1n) is 6.91. The van der Waals surface area contributed by atoms with Crippen molar-refractivity contribution in [3.63, 3.8) is 0 Å². The van der Waals surface area contributed by atoms with Crippen molar-refractivity contribution in [3.8, 4) is 0 Å². The first-order valence-corrected chi connectivity index (χ1v) is 7.29. The van der Waals surface area contributed by atoms with Crippen LogP contribution in [0.15, 0.2) is 42.6 Å². The predicted octanol–water partition coefficient (Wildman–Crippen LogP) is 2.72. The zero-order valence-corrected chi connectivity index (χ0v) is 13.1. The molecule has 0 aliphatic heterocycles. The third kappa shape index (κ3) is 4.72. The number of rotatable bonds is 7. The van der Waals surface area contributed by atoms with Crippen LogP contribution in [-0.4, -0.2) is 31.2 Å². The molecule has 0 saturated carbocycles. The Kier molecular flexibility index (Phi) is 6.18. The van der Waals surface area contributed by atoms with Crippen molar-refractivity contribution in [2.75, 3.05) is 25.6 Å². The van der Waals surface area contributed by atoms with Gasteiger partial charge < -0.3 is 15.4 Å². The van der Waals surface area contributed by atoms with Gasteiger partial charge in [0.05, 0.1) is 6.61 Å². The van der Waals surface area contributed by atoms with Crippen LogP contribution in [0.5, 0.6) is 0 Å². The standard InChI is InChI=1S/C16H18ClN3O2/c1-22-9-8-19-15-10-12(6-7-18-15)16(21)20-11-13-4-2-3-5-14(13)17/h2-7,10H,8-9,11H2,1H3,(H,18,19)(H,20,21). The monoisotopic (exact) mass is 319 g/mol. The Morgan fingerprint density at radius 3 is 2.91 bits per heavy atom. The molecular formula is C16H18ClN3O2. The Labute approximate surface area is 134 Å². The number of carbonyl (C=O) groups excluding carboxylic acids is 1. The summed E-state index contributed by atoms with van der Waals surface area (Å²) < 4.78 is 4.96. The van der Waals surface area contributed by atoms with Gasteiger partial charge in [-0.3, -0.25) is 4.79 Å². The highest BCUT2D eigenvalue weighted by Gasteiger charge is 2.07. The SMILES string of the molecule is COCCNc1cc(C(=O)NCc2ccccc2Cl)ccn1. The van der Waals surface area contributed by atoms with Gasteiger partial charge >= 0.3 is 0 Å². The molecule has 5 nitrogen and oxygen atoms in total. The molecule has 2 rings (SSSR count). The topological polar surface area (TPSA) is 63.2 Å². The van der Waals surface area contributed by atoms with Crippen LogP contribution < -0.4 is 10.6 Å². The average molecular weight is 320 g/mol. The molecule has 0 fully saturated rings. The fourth-order valence-corrected chi connectivity index (χ4v) is 2.07. The summed E-state index contributed by atoms with van der Waals surface area (Å²) in [6.45, 7) is 1.59. The number of pyridine rings is 1. The molecule has 1 aromatic heterocycles. The van der Waals surface area contributed by atoms with Crippen LogP contribution in [0.2, 0.25) is 5.02 Å². The summed E-state index contributed by atoms with van der Waals surface area (Å²) in [6, 6.07) is 10.8. The average Bonchev–Trinajstić information content (AvgIpc) is 2.54. The van der Waals surface area contributed by atoms with Gasteiger partial charge in [0.25, 0.3) is 5.91 Å². The van der Waals surface area contributed by atoms with Gasteiger partial charge in [0.1, 0.15) is 5.82 Å². The number of halogens is 1. The second-order valence-corrected chi connectivity index (χ2v) is 5.03. The van der Waals surface area contributed by atoms with Crippen molar-refractivity contribution in [2.24, 2.45) is 0 Å². The van der Waals surface area contributed by atoms with Gasteiger partial charge in [-0.2, -0.15) is 0 Å². The summed E-state index contributed by atoms with van der Waals surface area (Å²) in [7, 11) is 1.63. The minimum Gasteiger partial charge on any atom is -0.383 e. The number of ether oxygens (including phenoxy) is 1. The van der Waals surface area contributed by atoms with E-state index in [9.17, 15) is 4.79 Å². The largest absolute Gasteiger partial charge is 0.383 e. The highest BCUT2D eigenvalue weighted by atomic mass is 35.5. The quantitative estimate of drug-likeness (QED) is 0.770. The minimum atomic E-state index is -0.169. The number of amides is 1. The molecule has 116 valence electrons. The number of methoxy groups -OCH3 is 1. The molecule has 2 aromatic rings. The lowest BCUT2D eigenvalue weighted by molar-refractivity contribution is 0.0951. The molecule has 0 atom stereocenters. The van der Waals surface area contributed by atoms with E-state index >= 15 is 0 Å². The molecule has 0 spiro atoms. The third-order valence-electron chi connectivity index (χ3n) is 3.03. The summed E-state index contributed by atoms with van der Waals surface area (Å²) in [5.74, 6) is 0.472. The van der Waals surface area contributed by atoms with Crippen molar-refractivity contribution in [3.05, 3.63) is 58.7 Å². The molecule has 1 heterocycles. The maximum Gasteiger partial charge on any atom is 0.251 e. The number of hydrogen-bond acceptors (Lipinski definition) is 4. The van der Waals surface area contributed by atoms with Crippen molar-refractivity contribution in [1.82, 2.24) is 10.3 Å². The van der Waals surface area contributed by atoms with Crippen LogP contribution in [0.3, 0.4) is 0 Å². The third-order valence-corrected chi connectivity index (χ3v) is 3.40. The Balaban J connectivity index is 1.95. The van der Waals surface area contributed by atoms with E-state index in [1.165, 1.54) is 0 Å². The molecule has 0 aliphatic carbocycles. The first kappa shape index (κ1) is 16.3. The van der Waals surface area contributed by atoms with Crippen molar-refractivity contribution < 1.29 is 9.53 Å². The van der Waals surface area contributed by atoms with Crippen LogP contribution in [0.25, 0.3) is 0 Å². The maximum atomic E-state index is 12.2. The van der Waals surface area contributed by atoms with Gasteiger partial charge in [0.2, 0.25) is 0 Å². The normalized spacial score (nSPS) is 10.3. The lowest BCUT2D eigenvalue weighted by Crippen LogP contribution is -2.23. The smallest absolute Gasteiger partial charge is 0.251 e. The van der Waals surface area contributed by atoms with Gasteiger partial charge in [0, 0.05) is 37.0 Å². The van der Waals surface area contributed by atoms with E-state index in [0.29, 0.717) is 36.1 Å². The number of hydrogen-bond donors (Lipinski definition) is 2. The van der Waals surface area contributed by atoms with Crippen LogP contribution in [0, 0.1) is 0 Å². The van der Waals surface area contributed by atoms with E-state index in [4.69, 9.17) is 16.3 Å². The van der Waals surface area contributed by atoms with Gasteiger partial charge in [-0.15, -0.1) is 0 Å². The summed E-state index contributed by atoms with van der Waals surface area (Å²) in [5, 5.41) is 6.57. The van der Waals surface area contributed by atoms with E-state index in [0.717, 1.165) is 5.56 Å². The molecule has 0 radical (unpaired) electrons. The predicted molar refractivity (Wildman–Crippen MR) is 87.2 cm³/mol. The van der Waals surface area contributed by atoms with E-state index in [1.807, 2.05) is 18.2 Å². The van der Waals surface area contributed by atoms with Crippen molar-refractivity contribution in [2.45, 2.75) is 6.54 Å². The number of aromatic nitrogens is 1. The fourth-order valence-electron chi connectivity index (χ4n) is 1.87. The molecule has 0 bridgehead atoms. The lowest BCUT2D eigenvalue weighted by atomic mass is 10.2. The van der Waals surface area contributed by atoms with E-state index in [2.05, 4.69) is 15.6 Å². The summed E-state index contributed by atoms with van der Waals surface area (Å²) in [6.07, 6.45) is 1.60. The zero-order chi connectivity index (χ0) is 15.8. The van der Waals surface area contributed by atoms with Crippen LogP contribution in [0.4, 0.5) is 5.82 Å². The number of benzene rings is 1. The van der Waals surface area contributed by atoms with Gasteiger partial charge in [-0.05, 0) is 23.8 Å². The highest BCUT2D eigenvalue weighted by molar-refractivity contribution is 6.31. The number of anilines is 1. The van der Waals surface area contributed by atoms with Gasteiger partial charge in [-0.1, -0.05) is 29.8 Å². The highest BCUT2D eigenvalue weighted by Crippen LogP contribution is 2.14. The molecule has 22 heavy (non-hydrogen) atoms. The Bertz CT molecular complexity index is 634. The molecule has 1 aromatic carbocycles. The summed E-state index contributed by atoms with van der Waals surface area (Å²) in [5.41, 5.74) is 1.42. The van der Waals surface area contributed by atoms with Gasteiger partial charge in [0.15, 0.2) is 0 Å². The molecule has 0 aliphatic rings. The van der Waals surface area contributed by atoms with Crippen LogP contribution >= 0.6 is 11.6 Å². The lowest BCUT2D eigenvalue weighted by Gasteiger charge is -2.09. The summed E-state index contributed by atoms with van der Waals surface area (Å²) in [4.78, 5) is 16.3. The first-order chi connectivity index (χ1) is 10.7. The fraction of sp³-hybridized carbons (Fsp3) is 0.250. The van der Waals surface area contributed by atoms with E-state index < -0.39 is 0 Å². The molecule has 6 heteroatoms. The second-order valence-electron chi connectivity index (χ2n) is 4.62. The van der Waals surface area contributed by atoms with Crippen molar-refractivity contribution in [1.29, 1.82) is 0 Å². The zero-order valence-electron chi connectivity index (χ0n) is 12.3. The minimum absolute atomic E-state index is 0.169. The van der Waals surface area contributed by atoms with Crippen LogP contribution in [-0.2, 0) is 11.3 Å². The molecule has 1 amide bonds. The van der Waals surface area contributed by atoms with E-state index in [-0.39, 0.29) is 5.91 Å². The molecule has 0 unspecified atom stereocenters. The summed E-state index contributed by atoms with van der Waals surface area (Å²) >= 11 is 6.07. The maximum absolute atomic E-state index is 12.2. The molecule has 2 N–H and O–H groups in total. The second kappa shape index (κ2) is 8.36. The Morgan fingerprint density at radius 1 is 1.32 bits per heavy atom. The number of nitrogens with zero attached hydrogens (tertiary/aromatic N) is 1. The number of carbonyl (C=O) groups is 1. The van der Waals surface area contributed by atoms with E-state index in [1.54, 1.807) is 31.5 Å². The molecular weight excluding hydrogens is 302 g/mol.